The molecule has 4 heterocycles. The molecule has 4 aromatic carbocycles. The summed E-state index contributed by atoms with van der Waals surface area (Å²) in [6, 6.07) is 28.9. The van der Waals surface area contributed by atoms with E-state index >= 15 is 0 Å². The maximum atomic E-state index is 8.99. The van der Waals surface area contributed by atoms with Crippen molar-refractivity contribution in [1.82, 2.24) is 29.5 Å². The van der Waals surface area contributed by atoms with Crippen LogP contribution in [0.3, 0.4) is 0 Å². The minimum absolute atomic E-state index is 0.491. The Hall–Kier alpha value is -4.98. The molecule has 0 saturated carbocycles. The third-order valence-electron chi connectivity index (χ3n) is 9.74. The van der Waals surface area contributed by atoms with E-state index in [9.17, 15) is 0 Å². The van der Waals surface area contributed by atoms with Crippen molar-refractivity contribution in [2.75, 3.05) is 0 Å². The van der Waals surface area contributed by atoms with Crippen molar-refractivity contribution in [2.45, 2.75) is 53.1 Å². The van der Waals surface area contributed by atoms with Gasteiger partial charge in [0.25, 0.3) is 0 Å². The van der Waals surface area contributed by atoms with Crippen LogP contribution in [0.5, 0.6) is 0 Å². The summed E-state index contributed by atoms with van der Waals surface area (Å²) in [6.07, 6.45) is 5.98. The molecule has 52 heavy (non-hydrogen) atoms. The van der Waals surface area contributed by atoms with Gasteiger partial charge in [0, 0.05) is 15.6 Å². The molecular formula is C40H36BBrN6O4. The van der Waals surface area contributed by atoms with E-state index in [1.54, 1.807) is 0 Å². The van der Waals surface area contributed by atoms with Crippen LogP contribution in [0.15, 0.2) is 102 Å². The largest absolute Gasteiger partial charge is 0.488 e. The predicted molar refractivity (Wildman–Crippen MR) is 202 cm³/mol. The summed E-state index contributed by atoms with van der Waals surface area (Å²) in [5, 5.41) is 34.6. The summed E-state index contributed by atoms with van der Waals surface area (Å²) >= 11 is 3.55. The van der Waals surface area contributed by atoms with Crippen molar-refractivity contribution in [2.24, 2.45) is 0 Å². The van der Waals surface area contributed by atoms with Crippen LogP contribution in [-0.2, 0) is 48.7 Å². The Morgan fingerprint density at radius 3 is 1.81 bits per heavy atom. The number of aromatic nitrogens is 6. The second kappa shape index (κ2) is 14.6. The lowest BCUT2D eigenvalue weighted by atomic mass is 9.76. The Morgan fingerprint density at radius 1 is 0.596 bits per heavy atom. The van der Waals surface area contributed by atoms with Gasteiger partial charge in [0.05, 0.1) is 24.6 Å². The maximum Gasteiger partial charge on any atom is 0.488 e. The van der Waals surface area contributed by atoms with Crippen LogP contribution in [0.4, 0.5) is 0 Å². The monoisotopic (exact) mass is 754 g/mol. The second-order valence-electron chi connectivity index (χ2n) is 12.9. The van der Waals surface area contributed by atoms with Crippen LogP contribution >= 0.6 is 15.9 Å². The van der Waals surface area contributed by atoms with E-state index in [4.69, 9.17) is 19.5 Å². The number of fused-ring (bicyclic) bond motifs is 8. The number of hydrogen-bond donors (Lipinski definition) is 2. The van der Waals surface area contributed by atoms with E-state index in [1.165, 1.54) is 33.4 Å². The molecule has 2 aromatic heterocycles. The fourth-order valence-electron chi connectivity index (χ4n) is 7.30. The molecule has 260 valence electrons. The first kappa shape index (κ1) is 34.1. The Bertz CT molecular complexity index is 2360. The molecule has 10 nitrogen and oxygen atoms in total. The molecular weight excluding hydrogens is 719 g/mol. The van der Waals surface area contributed by atoms with E-state index < -0.39 is 7.12 Å². The number of nitrogens with zero attached hydrogens (tertiary/aromatic N) is 6. The van der Waals surface area contributed by atoms with Crippen molar-refractivity contribution in [3.05, 3.63) is 164 Å². The topological polar surface area (TPSA) is 120 Å². The van der Waals surface area contributed by atoms with Gasteiger partial charge in [0.2, 0.25) is 0 Å². The van der Waals surface area contributed by atoms with Gasteiger partial charge in [0.15, 0.2) is 11.6 Å². The fraction of sp³-hybridized carbons (Fsp3) is 0.200. The van der Waals surface area contributed by atoms with Crippen LogP contribution in [0, 0.1) is 13.8 Å². The number of allylic oxidation sites excluding steroid dienone is 2. The van der Waals surface area contributed by atoms with E-state index in [2.05, 4.69) is 95.5 Å². The molecule has 4 aliphatic rings. The van der Waals surface area contributed by atoms with Crippen molar-refractivity contribution in [3.63, 3.8) is 0 Å². The van der Waals surface area contributed by atoms with Crippen molar-refractivity contribution >= 4 is 34.1 Å². The van der Waals surface area contributed by atoms with E-state index in [1.807, 2.05) is 60.9 Å². The van der Waals surface area contributed by atoms with Gasteiger partial charge in [-0.1, -0.05) is 94.8 Å². The van der Waals surface area contributed by atoms with Crippen molar-refractivity contribution in [3.8, 4) is 11.4 Å². The summed E-state index contributed by atoms with van der Waals surface area (Å²) in [7, 11) is -1.34. The van der Waals surface area contributed by atoms with E-state index in [0.29, 0.717) is 31.9 Å². The zero-order chi connectivity index (χ0) is 35.8. The van der Waals surface area contributed by atoms with Crippen LogP contribution in [0.25, 0.3) is 22.4 Å². The van der Waals surface area contributed by atoms with Gasteiger partial charge in [0.1, 0.15) is 24.9 Å². The van der Waals surface area contributed by atoms with Gasteiger partial charge in [-0.15, -0.1) is 20.4 Å². The third-order valence-corrected chi connectivity index (χ3v) is 10.5. The molecule has 0 amide bonds. The molecule has 0 radical (unpaired) electrons. The zero-order valence-corrected chi connectivity index (χ0v) is 30.4. The molecule has 0 atom stereocenters. The summed E-state index contributed by atoms with van der Waals surface area (Å²) in [6.45, 7) is 6.12. The number of benzene rings is 4. The first-order valence-corrected chi connectivity index (χ1v) is 18.0. The van der Waals surface area contributed by atoms with Gasteiger partial charge < -0.3 is 19.5 Å². The van der Waals surface area contributed by atoms with Crippen LogP contribution in [0.1, 0.15) is 62.2 Å². The lowest BCUT2D eigenvalue weighted by Crippen LogP contribution is -2.12. The predicted octanol–water partition coefficient (Wildman–Crippen LogP) is 6.60. The van der Waals surface area contributed by atoms with Crippen LogP contribution in [0.2, 0.25) is 0 Å². The average Bonchev–Trinajstić information content (AvgIpc) is 3.90. The lowest BCUT2D eigenvalue weighted by molar-refractivity contribution is 0.104. The zero-order valence-electron chi connectivity index (χ0n) is 28.8. The third kappa shape index (κ3) is 6.37. The van der Waals surface area contributed by atoms with Gasteiger partial charge >= 0.3 is 7.12 Å². The summed E-state index contributed by atoms with van der Waals surface area (Å²) in [4.78, 5) is 0. The van der Waals surface area contributed by atoms with Gasteiger partial charge in [-0.3, -0.25) is 9.13 Å². The van der Waals surface area contributed by atoms with Crippen molar-refractivity contribution < 1.29 is 19.5 Å². The summed E-state index contributed by atoms with van der Waals surface area (Å²) < 4.78 is 16.7. The number of aryl methyl sites for hydroxylation is 2. The highest BCUT2D eigenvalue weighted by Crippen LogP contribution is 2.37. The van der Waals surface area contributed by atoms with Crippen molar-refractivity contribution in [1.29, 1.82) is 0 Å². The van der Waals surface area contributed by atoms with E-state index in [0.717, 1.165) is 63.1 Å². The molecule has 10 rings (SSSR count). The first-order valence-electron chi connectivity index (χ1n) is 17.2. The first-order chi connectivity index (χ1) is 25.4. The molecule has 0 spiro atoms. The second-order valence-corrected chi connectivity index (χ2v) is 13.8. The normalized spacial score (nSPS) is 14.6. The highest BCUT2D eigenvalue weighted by Gasteiger charge is 2.25. The molecule has 2 aliphatic heterocycles. The number of hydrogen-bond acceptors (Lipinski definition) is 8. The molecule has 2 aliphatic carbocycles. The molecule has 2 N–H and O–H groups in total. The number of halogens is 1. The SMILES string of the molecule is Cc1nnc2n1-c1cccc(Br)c1COC2.Cc1nnc2n1-c1cccc(C3=CCc4ccccc43)c1COC2.OB(O)C1=CCc2ccccc21. The standard InChI is InChI=1S/C20H17N3O.C11H10BrN3O.C9H9BO2/c1-13-21-22-20-12-24-11-18-16(7-4-8-19(18)23(13)20)17-10-9-14-5-2-3-6-15(14)17;1-7-13-14-11-6-16-5-8-9(12)3-2-4-10(8)15(7)11;11-10(12)9-6-5-7-3-1-2-4-8(7)9/h2-8,10H,9,11-12H2,1H3;2-4H,5-6H2,1H3;1-4,6,11-12H,5H2. The smallest absolute Gasteiger partial charge is 0.423 e. The molecule has 0 unspecified atom stereocenters. The highest BCUT2D eigenvalue weighted by molar-refractivity contribution is 9.10. The van der Waals surface area contributed by atoms with Gasteiger partial charge in [-0.2, -0.15) is 0 Å². The number of ether oxygens (including phenoxy) is 2. The van der Waals surface area contributed by atoms with Gasteiger partial charge in [-0.25, -0.2) is 0 Å². The van der Waals surface area contributed by atoms with E-state index in [-0.39, 0.29) is 0 Å². The Balaban J connectivity index is 0.000000120. The lowest BCUT2D eigenvalue weighted by Gasteiger charge is -2.15. The van der Waals surface area contributed by atoms with Gasteiger partial charge in [-0.05, 0) is 83.8 Å². The average molecular weight is 755 g/mol. The Morgan fingerprint density at radius 2 is 1.13 bits per heavy atom. The molecule has 6 aromatic rings. The minimum atomic E-state index is -1.34. The number of rotatable bonds is 2. The fourth-order valence-corrected chi connectivity index (χ4v) is 7.77. The highest BCUT2D eigenvalue weighted by atomic mass is 79.9. The Kier molecular flexibility index (Phi) is 9.56. The minimum Gasteiger partial charge on any atom is -0.423 e. The molecule has 12 heteroatoms. The maximum absolute atomic E-state index is 8.99. The molecule has 0 fully saturated rings. The quantitative estimate of drug-likeness (QED) is 0.190. The summed E-state index contributed by atoms with van der Waals surface area (Å²) in [5.41, 5.74) is 12.6. The molecule has 0 saturated heterocycles. The summed E-state index contributed by atoms with van der Waals surface area (Å²) in [5.74, 6) is 3.51. The van der Waals surface area contributed by atoms with Crippen LogP contribution < -0.4 is 0 Å². The Labute approximate surface area is 310 Å². The van der Waals surface area contributed by atoms with Crippen LogP contribution in [-0.4, -0.2) is 46.7 Å². The molecule has 0 bridgehead atoms.